The fourth-order valence-electron chi connectivity index (χ4n) is 2.12. The van der Waals surface area contributed by atoms with E-state index in [1.165, 1.54) is 24.8 Å². The van der Waals surface area contributed by atoms with Gasteiger partial charge in [-0.05, 0) is 42.7 Å². The van der Waals surface area contributed by atoms with E-state index in [0.717, 1.165) is 24.7 Å². The largest absolute Gasteiger partial charge is 0.493 e. The van der Waals surface area contributed by atoms with Gasteiger partial charge in [0.1, 0.15) is 5.75 Å². The molecule has 1 nitrogen and oxygen atoms in total. The van der Waals surface area contributed by atoms with Gasteiger partial charge in [0.05, 0.1) is 6.61 Å². The summed E-state index contributed by atoms with van der Waals surface area (Å²) in [6, 6.07) is 8.47. The SMILES string of the molecule is CC(C)Cc1ccccc1OCC1CCC1. The molecule has 0 saturated heterocycles. The third kappa shape index (κ3) is 3.01. The van der Waals surface area contributed by atoms with Crippen molar-refractivity contribution in [1.29, 1.82) is 0 Å². The molecule has 1 aliphatic carbocycles. The molecule has 0 spiro atoms. The van der Waals surface area contributed by atoms with Crippen LogP contribution in [0.25, 0.3) is 0 Å². The Labute approximate surface area is 98.8 Å². The van der Waals surface area contributed by atoms with Crippen LogP contribution in [0.5, 0.6) is 5.75 Å². The summed E-state index contributed by atoms with van der Waals surface area (Å²) in [5.74, 6) is 2.60. The first kappa shape index (κ1) is 11.5. The Balaban J connectivity index is 1.94. The minimum atomic E-state index is 0.688. The maximum absolute atomic E-state index is 5.94. The van der Waals surface area contributed by atoms with Gasteiger partial charge in [0.2, 0.25) is 0 Å². The van der Waals surface area contributed by atoms with Crippen LogP contribution in [0.2, 0.25) is 0 Å². The lowest BCUT2D eigenvalue weighted by Crippen LogP contribution is -2.19. The van der Waals surface area contributed by atoms with Gasteiger partial charge in [0, 0.05) is 0 Å². The fraction of sp³-hybridized carbons (Fsp3) is 0.600. The summed E-state index contributed by atoms with van der Waals surface area (Å²) in [5, 5.41) is 0. The first-order valence-electron chi connectivity index (χ1n) is 6.46. The third-order valence-electron chi connectivity index (χ3n) is 3.30. The maximum atomic E-state index is 5.94. The van der Waals surface area contributed by atoms with E-state index in [2.05, 4.69) is 38.1 Å². The van der Waals surface area contributed by atoms with Crippen LogP contribution in [-0.4, -0.2) is 6.61 Å². The highest BCUT2D eigenvalue weighted by atomic mass is 16.5. The van der Waals surface area contributed by atoms with Gasteiger partial charge in [-0.1, -0.05) is 38.5 Å². The summed E-state index contributed by atoms with van der Waals surface area (Å²) < 4.78 is 5.94. The quantitative estimate of drug-likeness (QED) is 0.724. The maximum Gasteiger partial charge on any atom is 0.122 e. The van der Waals surface area contributed by atoms with Crippen LogP contribution in [0.4, 0.5) is 0 Å². The molecule has 0 unspecified atom stereocenters. The van der Waals surface area contributed by atoms with Crippen molar-refractivity contribution in [2.45, 2.75) is 39.5 Å². The molecule has 1 aromatic rings. The molecule has 88 valence electrons. The normalized spacial score (nSPS) is 16.2. The molecular weight excluding hydrogens is 196 g/mol. The van der Waals surface area contributed by atoms with E-state index in [9.17, 15) is 0 Å². The van der Waals surface area contributed by atoms with E-state index in [4.69, 9.17) is 4.74 Å². The molecule has 0 heterocycles. The standard InChI is InChI=1S/C15H22O/c1-12(2)10-14-8-3-4-9-15(14)16-11-13-6-5-7-13/h3-4,8-9,12-13H,5-7,10-11H2,1-2H3. The van der Waals surface area contributed by atoms with Crippen LogP contribution in [0, 0.1) is 11.8 Å². The number of rotatable bonds is 5. The van der Waals surface area contributed by atoms with Gasteiger partial charge < -0.3 is 4.74 Å². The van der Waals surface area contributed by atoms with Crippen LogP contribution in [0.1, 0.15) is 38.7 Å². The van der Waals surface area contributed by atoms with Crippen molar-refractivity contribution < 1.29 is 4.74 Å². The van der Waals surface area contributed by atoms with Gasteiger partial charge in [-0.3, -0.25) is 0 Å². The average molecular weight is 218 g/mol. The molecule has 0 amide bonds. The van der Waals surface area contributed by atoms with Gasteiger partial charge in [0.15, 0.2) is 0 Å². The summed E-state index contributed by atoms with van der Waals surface area (Å²) >= 11 is 0. The molecule has 1 saturated carbocycles. The van der Waals surface area contributed by atoms with E-state index >= 15 is 0 Å². The zero-order chi connectivity index (χ0) is 11.4. The Kier molecular flexibility index (Phi) is 3.87. The summed E-state index contributed by atoms with van der Waals surface area (Å²) in [7, 11) is 0. The van der Waals surface area contributed by atoms with E-state index in [1.807, 2.05) is 0 Å². The van der Waals surface area contributed by atoms with Gasteiger partial charge in [-0.25, -0.2) is 0 Å². The molecule has 0 atom stereocenters. The molecule has 0 aliphatic heterocycles. The van der Waals surface area contributed by atoms with Crippen LogP contribution < -0.4 is 4.74 Å². The lowest BCUT2D eigenvalue weighted by atomic mass is 9.86. The highest BCUT2D eigenvalue weighted by Gasteiger charge is 2.18. The summed E-state index contributed by atoms with van der Waals surface area (Å²) in [5.41, 5.74) is 1.36. The smallest absolute Gasteiger partial charge is 0.122 e. The minimum Gasteiger partial charge on any atom is -0.493 e. The second kappa shape index (κ2) is 5.38. The lowest BCUT2D eigenvalue weighted by Gasteiger charge is -2.25. The second-order valence-electron chi connectivity index (χ2n) is 5.31. The van der Waals surface area contributed by atoms with Gasteiger partial charge in [0.25, 0.3) is 0 Å². The predicted octanol–water partition coefficient (Wildman–Crippen LogP) is 4.06. The first-order valence-corrected chi connectivity index (χ1v) is 6.46. The van der Waals surface area contributed by atoms with Crippen molar-refractivity contribution in [3.05, 3.63) is 29.8 Å². The summed E-state index contributed by atoms with van der Waals surface area (Å²) in [6.07, 6.45) is 5.21. The Morgan fingerprint density at radius 1 is 1.25 bits per heavy atom. The first-order chi connectivity index (χ1) is 7.75. The molecule has 1 heteroatoms. The monoisotopic (exact) mass is 218 g/mol. The van der Waals surface area contributed by atoms with Crippen LogP contribution in [0.3, 0.4) is 0 Å². The Hall–Kier alpha value is -0.980. The molecule has 0 aromatic heterocycles. The molecule has 0 N–H and O–H groups in total. The van der Waals surface area contributed by atoms with Gasteiger partial charge >= 0.3 is 0 Å². The van der Waals surface area contributed by atoms with Crippen molar-refractivity contribution in [3.63, 3.8) is 0 Å². The Morgan fingerprint density at radius 2 is 2.00 bits per heavy atom. The van der Waals surface area contributed by atoms with Gasteiger partial charge in [-0.2, -0.15) is 0 Å². The third-order valence-corrected chi connectivity index (χ3v) is 3.30. The fourth-order valence-corrected chi connectivity index (χ4v) is 2.12. The highest BCUT2D eigenvalue weighted by Crippen LogP contribution is 2.28. The van der Waals surface area contributed by atoms with Crippen molar-refractivity contribution in [1.82, 2.24) is 0 Å². The van der Waals surface area contributed by atoms with Gasteiger partial charge in [-0.15, -0.1) is 0 Å². The van der Waals surface area contributed by atoms with Crippen LogP contribution in [-0.2, 0) is 6.42 Å². The Morgan fingerprint density at radius 3 is 2.62 bits per heavy atom. The van der Waals surface area contributed by atoms with E-state index in [1.54, 1.807) is 0 Å². The number of hydrogen-bond acceptors (Lipinski definition) is 1. The molecule has 16 heavy (non-hydrogen) atoms. The zero-order valence-corrected chi connectivity index (χ0v) is 10.4. The summed E-state index contributed by atoms with van der Waals surface area (Å²) in [6.45, 7) is 5.42. The molecule has 1 aliphatic rings. The van der Waals surface area contributed by atoms with E-state index < -0.39 is 0 Å². The van der Waals surface area contributed by atoms with E-state index in [-0.39, 0.29) is 0 Å². The Bertz CT molecular complexity index is 326. The highest BCUT2D eigenvalue weighted by molar-refractivity contribution is 5.33. The molecule has 0 bridgehead atoms. The van der Waals surface area contributed by atoms with Crippen molar-refractivity contribution in [3.8, 4) is 5.75 Å². The molecule has 2 rings (SSSR count). The van der Waals surface area contributed by atoms with Crippen LogP contribution in [0.15, 0.2) is 24.3 Å². The number of ether oxygens (including phenoxy) is 1. The van der Waals surface area contributed by atoms with Crippen molar-refractivity contribution in [2.24, 2.45) is 11.8 Å². The van der Waals surface area contributed by atoms with Crippen molar-refractivity contribution >= 4 is 0 Å². The number of benzene rings is 1. The zero-order valence-electron chi connectivity index (χ0n) is 10.4. The topological polar surface area (TPSA) is 9.23 Å². The molecule has 0 radical (unpaired) electrons. The second-order valence-corrected chi connectivity index (χ2v) is 5.31. The number of para-hydroxylation sites is 1. The summed E-state index contributed by atoms with van der Waals surface area (Å²) in [4.78, 5) is 0. The number of hydrogen-bond donors (Lipinski definition) is 0. The molecule has 1 fully saturated rings. The molecular formula is C15H22O. The van der Waals surface area contributed by atoms with Crippen molar-refractivity contribution in [2.75, 3.05) is 6.61 Å². The molecule has 1 aromatic carbocycles. The van der Waals surface area contributed by atoms with Crippen LogP contribution >= 0.6 is 0 Å². The van der Waals surface area contributed by atoms with E-state index in [0.29, 0.717) is 5.92 Å². The average Bonchev–Trinajstić information content (AvgIpc) is 2.17. The predicted molar refractivity (Wildman–Crippen MR) is 67.8 cm³/mol. The lowest BCUT2D eigenvalue weighted by molar-refractivity contribution is 0.179. The minimum absolute atomic E-state index is 0.688.